The van der Waals surface area contributed by atoms with Gasteiger partial charge in [-0.05, 0) is 16.4 Å². The highest BCUT2D eigenvalue weighted by Crippen LogP contribution is 2.51. The van der Waals surface area contributed by atoms with E-state index in [-0.39, 0.29) is 34.1 Å². The number of aromatic nitrogens is 8. The van der Waals surface area contributed by atoms with Crippen molar-refractivity contribution in [2.75, 3.05) is 24.7 Å². The molecule has 2 fully saturated rings. The summed E-state index contributed by atoms with van der Waals surface area (Å²) >= 11 is 8.73. The molecule has 6 rings (SSSR count). The molecular formula is C20H23F2N10O9P2S2+. The fourth-order valence-corrected chi connectivity index (χ4v) is 6.78. The van der Waals surface area contributed by atoms with Gasteiger partial charge < -0.3 is 35.5 Å². The number of fused-ring (bicyclic) bond motifs is 2. The predicted octanol–water partition coefficient (Wildman–Crippen LogP) is 0.178. The van der Waals surface area contributed by atoms with E-state index in [1.165, 1.54) is 10.9 Å². The molecule has 0 aromatic carbocycles. The lowest BCUT2D eigenvalue weighted by molar-refractivity contribution is -0.0536. The summed E-state index contributed by atoms with van der Waals surface area (Å²) in [6.45, 7) is -5.63. The van der Waals surface area contributed by atoms with Gasteiger partial charge in [0.1, 0.15) is 55.1 Å². The zero-order valence-corrected chi connectivity index (χ0v) is 25.8. The first-order valence-electron chi connectivity index (χ1n) is 12.7. The number of halogens is 2. The Labute approximate surface area is 260 Å². The van der Waals surface area contributed by atoms with Crippen molar-refractivity contribution >= 4 is 72.1 Å². The third-order valence-electron chi connectivity index (χ3n) is 6.95. The fraction of sp³-hybridized carbons (Fsp3) is 0.500. The minimum atomic E-state index is -4.40. The summed E-state index contributed by atoms with van der Waals surface area (Å²) in [5.74, 6) is -0.225. The van der Waals surface area contributed by atoms with Gasteiger partial charge in [-0.2, -0.15) is 4.98 Å². The number of aliphatic hydroxyl groups excluding tert-OH is 1. The molecule has 7 N–H and O–H groups in total. The van der Waals surface area contributed by atoms with E-state index in [1.54, 1.807) is 0 Å². The van der Waals surface area contributed by atoms with E-state index in [4.69, 9.17) is 46.3 Å². The maximum atomic E-state index is 15.7. The van der Waals surface area contributed by atoms with Crippen molar-refractivity contribution in [2.45, 2.75) is 49.2 Å². The lowest BCUT2D eigenvalue weighted by Gasteiger charge is -2.26. The van der Waals surface area contributed by atoms with Crippen LogP contribution in [-0.2, 0) is 39.4 Å². The molecule has 6 heterocycles. The molecule has 0 radical (unpaired) electrons. The Morgan fingerprint density at radius 2 is 1.76 bits per heavy atom. The molecule has 25 heteroatoms. The molecule has 3 unspecified atom stereocenters. The Bertz CT molecular complexity index is 1870. The number of aromatic amines is 1. The Hall–Kier alpha value is -2.82. The quantitative estimate of drug-likeness (QED) is 0.0946. The molecule has 10 atom stereocenters. The number of imidazole rings is 2. The molecule has 45 heavy (non-hydrogen) atoms. The molecule has 0 bridgehead atoms. The number of nitrogens with zero attached hydrogens (tertiary/aromatic N) is 7. The second-order valence-corrected chi connectivity index (χ2v) is 14.2. The van der Waals surface area contributed by atoms with Crippen LogP contribution in [0.15, 0.2) is 23.8 Å². The Morgan fingerprint density at radius 1 is 1.07 bits per heavy atom. The summed E-state index contributed by atoms with van der Waals surface area (Å²) in [6, 6.07) is 0. The number of aliphatic hydroxyl groups is 1. The van der Waals surface area contributed by atoms with Crippen molar-refractivity contribution in [1.29, 1.82) is 0 Å². The molecule has 4 aromatic rings. The van der Waals surface area contributed by atoms with Gasteiger partial charge in [0.05, 0.1) is 19.3 Å². The summed E-state index contributed by atoms with van der Waals surface area (Å²) in [4.78, 5) is 45.3. The molecule has 19 nitrogen and oxygen atoms in total. The Balaban J connectivity index is 1.20. The molecule has 2 saturated heterocycles. The van der Waals surface area contributed by atoms with Crippen LogP contribution in [0.5, 0.6) is 0 Å². The van der Waals surface area contributed by atoms with E-state index in [2.05, 4.69) is 42.2 Å². The first-order chi connectivity index (χ1) is 21.3. The largest absolute Gasteiger partial charge is 0.582 e. The molecule has 0 saturated carbocycles. The van der Waals surface area contributed by atoms with Gasteiger partial charge in [0.15, 0.2) is 47.4 Å². The van der Waals surface area contributed by atoms with Gasteiger partial charge >= 0.3 is 13.9 Å². The van der Waals surface area contributed by atoms with Crippen molar-refractivity contribution in [3.63, 3.8) is 0 Å². The summed E-state index contributed by atoms with van der Waals surface area (Å²) < 4.78 is 71.8. The van der Waals surface area contributed by atoms with Crippen LogP contribution in [0.3, 0.4) is 0 Å². The van der Waals surface area contributed by atoms with Crippen LogP contribution in [0, 0.1) is 0 Å². The lowest BCUT2D eigenvalue weighted by Crippen LogP contribution is -2.33. The number of rotatable bonds is 10. The van der Waals surface area contributed by atoms with Crippen molar-refractivity contribution < 1.29 is 46.4 Å². The standard InChI is InChI=1S/C20H22F2N10O9P2S2/c21-8-6(1-37-42(35)44)39-19(32-5-28-11-16(32)29-20(24)30-17(11)34)13(8)41-43(36,45)38-2-7-12(33)9(22)18(40-7)31-4-27-10-14(23)25-3-26-15(10)31/h3-9,12-13,18-19,33H,1-2H2,(H6-,23,24,25,26,29,30,34,35,36,44,45)/p+1/t6-,7-,8-,9+,12-,13-,18-,19?,43?/m1/s1. The minimum absolute atomic E-state index is 0.0500. The lowest BCUT2D eigenvalue weighted by atomic mass is 10.1. The number of H-pyrrole nitrogens is 1. The smallest absolute Gasteiger partial charge is 0.387 e. The number of nitrogens with two attached hydrogens (primary N) is 2. The van der Waals surface area contributed by atoms with Crippen molar-refractivity contribution in [2.24, 2.45) is 0 Å². The number of anilines is 2. The molecule has 0 amide bonds. The van der Waals surface area contributed by atoms with Crippen molar-refractivity contribution in [3.8, 4) is 0 Å². The van der Waals surface area contributed by atoms with E-state index >= 15 is 8.78 Å². The number of hydrogen-bond donors (Lipinski definition) is 6. The van der Waals surface area contributed by atoms with Crippen molar-refractivity contribution in [3.05, 3.63) is 29.3 Å². The maximum absolute atomic E-state index is 15.7. The Morgan fingerprint density at radius 3 is 2.49 bits per heavy atom. The van der Waals surface area contributed by atoms with Crippen LogP contribution < -0.4 is 17.0 Å². The van der Waals surface area contributed by atoms with E-state index < -0.39 is 81.9 Å². The van der Waals surface area contributed by atoms with Gasteiger partial charge in [-0.15, -0.1) is 4.52 Å². The molecular weight excluding hydrogens is 688 g/mol. The minimum Gasteiger partial charge on any atom is -0.387 e. The first kappa shape index (κ1) is 32.1. The number of alkyl halides is 2. The molecule has 0 aliphatic carbocycles. The van der Waals surface area contributed by atoms with Gasteiger partial charge in [0.2, 0.25) is 5.95 Å². The highest BCUT2D eigenvalue weighted by molar-refractivity contribution is 8.39. The maximum Gasteiger partial charge on any atom is 0.582 e. The molecule has 242 valence electrons. The first-order valence-corrected chi connectivity index (χ1v) is 17.6. The Kier molecular flexibility index (Phi) is 8.86. The number of hydrogen-bond acceptors (Lipinski definition) is 16. The van der Waals surface area contributed by atoms with E-state index in [9.17, 15) is 19.4 Å². The van der Waals surface area contributed by atoms with Gasteiger partial charge in [-0.1, -0.05) is 0 Å². The zero-order chi connectivity index (χ0) is 32.2. The van der Waals surface area contributed by atoms with Crippen LogP contribution in [-0.4, -0.2) is 99.0 Å². The SMILES string of the molecule is Nc1nc2c(ncn2C2O[C@H](CO[P+](=O)S)[C@@H](F)[C@H]2OP(O)(=S)OC[C@H]2O[C@@H](n3cnc4c(N)ncnc43)[C@@H](F)[C@@H]2O)c(=O)[nH]1. The monoisotopic (exact) mass is 711 g/mol. The highest BCUT2D eigenvalue weighted by Gasteiger charge is 2.51. The summed E-state index contributed by atoms with van der Waals surface area (Å²) in [6.07, 6.45) is -9.78. The van der Waals surface area contributed by atoms with E-state index in [0.29, 0.717) is 0 Å². The van der Waals surface area contributed by atoms with Gasteiger partial charge in [0, 0.05) is 0 Å². The highest BCUT2D eigenvalue weighted by atomic mass is 32.7. The van der Waals surface area contributed by atoms with E-state index in [0.717, 1.165) is 17.2 Å². The predicted molar refractivity (Wildman–Crippen MR) is 156 cm³/mol. The number of nitrogens with one attached hydrogen (secondary N) is 1. The third-order valence-corrected chi connectivity index (χ3v) is 9.23. The fourth-order valence-electron chi connectivity index (χ4n) is 4.91. The van der Waals surface area contributed by atoms with Crippen LogP contribution in [0.25, 0.3) is 22.3 Å². The summed E-state index contributed by atoms with van der Waals surface area (Å²) in [5.41, 5.74) is 10.8. The summed E-state index contributed by atoms with van der Waals surface area (Å²) in [5, 5.41) is 10.5. The van der Waals surface area contributed by atoms with Crippen LogP contribution in [0.4, 0.5) is 20.5 Å². The molecule has 0 spiro atoms. The summed E-state index contributed by atoms with van der Waals surface area (Å²) in [7, 11) is -2.43. The zero-order valence-electron chi connectivity index (χ0n) is 22.3. The number of ether oxygens (including phenoxy) is 2. The second-order valence-electron chi connectivity index (χ2n) is 9.74. The van der Waals surface area contributed by atoms with Crippen LogP contribution in [0.1, 0.15) is 12.5 Å². The van der Waals surface area contributed by atoms with E-state index in [1.807, 2.05) is 0 Å². The van der Waals surface area contributed by atoms with Gasteiger partial charge in [0.25, 0.3) is 5.56 Å². The molecule has 4 aromatic heterocycles. The average molecular weight is 712 g/mol. The molecule has 2 aliphatic heterocycles. The van der Waals surface area contributed by atoms with Gasteiger partial charge in [-0.3, -0.25) is 23.4 Å². The number of thiol groups is 1. The normalized spacial score (nSPS) is 30.3. The number of nitrogen functional groups attached to an aromatic ring is 2. The van der Waals surface area contributed by atoms with Gasteiger partial charge in [-0.25, -0.2) is 28.7 Å². The topological polar surface area (TPSA) is 263 Å². The molecule has 2 aliphatic rings. The van der Waals surface area contributed by atoms with Crippen LogP contribution >= 0.6 is 26.2 Å². The van der Waals surface area contributed by atoms with Crippen LogP contribution in [0.2, 0.25) is 0 Å². The van der Waals surface area contributed by atoms with Crippen molar-refractivity contribution in [1.82, 2.24) is 39.0 Å². The third kappa shape index (κ3) is 6.17. The second kappa shape index (κ2) is 12.4. The average Bonchev–Trinajstić information content (AvgIpc) is 3.73.